The number of sulfonamides is 1. The van der Waals surface area contributed by atoms with E-state index in [4.69, 9.17) is 4.84 Å². The third-order valence-electron chi connectivity index (χ3n) is 4.19. The molecule has 8 heteroatoms. The maximum atomic E-state index is 12.5. The first-order chi connectivity index (χ1) is 11.2. The minimum absolute atomic E-state index is 0.373. The normalized spacial score (nSPS) is 20.8. The summed E-state index contributed by atoms with van der Waals surface area (Å²) in [4.78, 5) is 16.4. The molecule has 0 aliphatic carbocycles. The van der Waals surface area contributed by atoms with Crippen molar-refractivity contribution in [3.05, 3.63) is 47.7 Å². The van der Waals surface area contributed by atoms with Crippen LogP contribution in [0.15, 0.2) is 36.6 Å². The zero-order valence-corrected chi connectivity index (χ0v) is 14.7. The minimum atomic E-state index is -3.56. The second-order valence-electron chi connectivity index (χ2n) is 6.12. The predicted octanol–water partition coefficient (Wildman–Crippen LogP) is 1.58. The van der Waals surface area contributed by atoms with Gasteiger partial charge >= 0.3 is 5.97 Å². The summed E-state index contributed by atoms with van der Waals surface area (Å²) in [7, 11) is -3.56. The van der Waals surface area contributed by atoms with Gasteiger partial charge in [-0.05, 0) is 37.5 Å². The van der Waals surface area contributed by atoms with Crippen molar-refractivity contribution in [2.24, 2.45) is 0 Å². The number of carboxylic acids is 1. The highest BCUT2D eigenvalue weighted by Crippen LogP contribution is 2.32. The predicted molar refractivity (Wildman–Crippen MR) is 89.4 cm³/mol. The molecule has 7 nitrogen and oxygen atoms in total. The average Bonchev–Trinajstić information content (AvgIpc) is 3.04. The first kappa shape index (κ1) is 18.4. The largest absolute Gasteiger partial charge is 0.479 e. The van der Waals surface area contributed by atoms with Crippen molar-refractivity contribution in [2.45, 2.75) is 37.5 Å². The highest BCUT2D eigenvalue weighted by molar-refractivity contribution is 7.90. The Morgan fingerprint density at radius 3 is 2.42 bits per heavy atom. The summed E-state index contributed by atoms with van der Waals surface area (Å²) in [6.07, 6.45) is 3.37. The van der Waals surface area contributed by atoms with Crippen molar-refractivity contribution in [1.82, 2.24) is 10.2 Å². The third kappa shape index (κ3) is 3.04. The number of hydrogen-bond donors (Lipinski definition) is 3. The van der Waals surface area contributed by atoms with E-state index < -0.39 is 26.3 Å². The molecule has 1 atom stereocenters. The number of carbonyl (C=O) groups is 1. The van der Waals surface area contributed by atoms with E-state index in [0.29, 0.717) is 24.1 Å². The molecule has 0 fully saturated rings. The smallest absolute Gasteiger partial charge is 0.336 e. The highest BCUT2D eigenvalue weighted by atomic mass is 32.2. The van der Waals surface area contributed by atoms with Crippen molar-refractivity contribution in [3.8, 4) is 0 Å². The van der Waals surface area contributed by atoms with Crippen LogP contribution in [0.25, 0.3) is 0 Å². The summed E-state index contributed by atoms with van der Waals surface area (Å²) in [6, 6.07) is 6.43. The molecule has 3 N–H and O–H groups in total. The van der Waals surface area contributed by atoms with E-state index in [9.17, 15) is 18.3 Å². The van der Waals surface area contributed by atoms with E-state index in [0.717, 1.165) is 0 Å². The molecule has 1 aliphatic heterocycles. The van der Waals surface area contributed by atoms with E-state index in [1.54, 1.807) is 38.1 Å². The molecule has 0 bridgehead atoms. The zero-order valence-electron chi connectivity index (χ0n) is 13.9. The molecule has 0 saturated heterocycles. The van der Waals surface area contributed by atoms with Gasteiger partial charge < -0.3 is 9.94 Å². The molecule has 0 saturated carbocycles. The Kier molecular flexibility index (Phi) is 5.03. The van der Waals surface area contributed by atoms with Crippen LogP contribution in [0, 0.1) is 0 Å². The van der Waals surface area contributed by atoms with E-state index in [-0.39, 0.29) is 0 Å². The van der Waals surface area contributed by atoms with Gasteiger partial charge in [-0.25, -0.2) is 17.9 Å². The van der Waals surface area contributed by atoms with Gasteiger partial charge in [-0.2, -0.15) is 0 Å². The lowest BCUT2D eigenvalue weighted by molar-refractivity contribution is -0.146. The Bertz CT molecular complexity index is 740. The second kappa shape index (κ2) is 6.54. The molecule has 1 aromatic carbocycles. The quantitative estimate of drug-likeness (QED) is 0.687. The lowest BCUT2D eigenvalue weighted by atomic mass is 9.89. The Balaban J connectivity index is 2.35. The summed E-state index contributed by atoms with van der Waals surface area (Å²) in [5.41, 5.74) is 2.01. The van der Waals surface area contributed by atoms with Gasteiger partial charge in [0, 0.05) is 6.54 Å². The molecule has 1 heterocycles. The molecular weight excluding hydrogens is 332 g/mol. The second-order valence-corrected chi connectivity index (χ2v) is 8.44. The van der Waals surface area contributed by atoms with Gasteiger partial charge in [0.1, 0.15) is 11.0 Å². The Labute approximate surface area is 141 Å². The number of benzene rings is 1. The number of carboxylic acid groups (broad SMARTS) is 1. The molecule has 0 amide bonds. The molecule has 1 aliphatic rings. The molecule has 0 radical (unpaired) electrons. The fourth-order valence-corrected chi connectivity index (χ4v) is 3.68. The lowest BCUT2D eigenvalue weighted by Gasteiger charge is -2.27. The summed E-state index contributed by atoms with van der Waals surface area (Å²) >= 11 is 0. The van der Waals surface area contributed by atoms with Gasteiger partial charge in [0.05, 0.1) is 0 Å². The van der Waals surface area contributed by atoms with E-state index in [1.165, 1.54) is 12.3 Å². The maximum Gasteiger partial charge on any atom is 0.336 e. The van der Waals surface area contributed by atoms with Gasteiger partial charge in [0.2, 0.25) is 10.0 Å². The van der Waals surface area contributed by atoms with Crippen LogP contribution in [0.3, 0.4) is 0 Å². The van der Waals surface area contributed by atoms with Crippen LogP contribution in [-0.4, -0.2) is 26.0 Å². The van der Waals surface area contributed by atoms with Crippen LogP contribution in [0.2, 0.25) is 0 Å². The van der Waals surface area contributed by atoms with Crippen LogP contribution in [0.4, 0.5) is 0 Å². The first-order valence-corrected chi connectivity index (χ1v) is 9.10. The number of nitrogens with one attached hydrogen (secondary N) is 2. The van der Waals surface area contributed by atoms with Crippen LogP contribution in [0.1, 0.15) is 38.3 Å². The molecule has 0 aromatic heterocycles. The van der Waals surface area contributed by atoms with E-state index in [2.05, 4.69) is 10.2 Å². The molecule has 0 spiro atoms. The minimum Gasteiger partial charge on any atom is -0.479 e. The van der Waals surface area contributed by atoms with Crippen molar-refractivity contribution < 1.29 is 23.2 Å². The van der Waals surface area contributed by atoms with Crippen molar-refractivity contribution in [1.29, 1.82) is 0 Å². The van der Waals surface area contributed by atoms with E-state index in [1.807, 2.05) is 6.92 Å². The summed E-state index contributed by atoms with van der Waals surface area (Å²) in [6.45, 7) is 5.49. The van der Waals surface area contributed by atoms with Crippen molar-refractivity contribution >= 4 is 16.0 Å². The third-order valence-corrected chi connectivity index (χ3v) is 6.36. The Morgan fingerprint density at radius 2 is 1.96 bits per heavy atom. The summed E-state index contributed by atoms with van der Waals surface area (Å²) in [5.74, 6) is -1.11. The van der Waals surface area contributed by atoms with Crippen molar-refractivity contribution in [2.75, 3.05) is 6.54 Å². The molecule has 2 rings (SSSR count). The molecule has 1 unspecified atom stereocenters. The zero-order chi connectivity index (χ0) is 18.0. The van der Waals surface area contributed by atoms with Gasteiger partial charge in [-0.3, -0.25) is 0 Å². The molecule has 1 aromatic rings. The summed E-state index contributed by atoms with van der Waals surface area (Å²) < 4.78 is 26.4. The molecule has 24 heavy (non-hydrogen) atoms. The van der Waals surface area contributed by atoms with Gasteiger partial charge in [0.25, 0.3) is 0 Å². The van der Waals surface area contributed by atoms with Crippen LogP contribution in [0.5, 0.6) is 0 Å². The summed E-state index contributed by atoms with van der Waals surface area (Å²) in [5, 5.41) is 9.47. The lowest BCUT2D eigenvalue weighted by Crippen LogP contribution is -2.44. The highest BCUT2D eigenvalue weighted by Gasteiger charge is 2.42. The topological polar surface area (TPSA) is 105 Å². The SMILES string of the molecule is CCCNS(=O)(=O)C(C)(C)c1ccc(C2(C(=O)O)C=CON2)cc1. The van der Waals surface area contributed by atoms with Gasteiger partial charge in [0.15, 0.2) is 5.54 Å². The van der Waals surface area contributed by atoms with Crippen LogP contribution < -0.4 is 10.2 Å². The van der Waals surface area contributed by atoms with Gasteiger partial charge in [-0.15, -0.1) is 5.48 Å². The fourth-order valence-electron chi connectivity index (χ4n) is 2.40. The number of hydrogen-bond acceptors (Lipinski definition) is 5. The standard InChI is InChI=1S/C16H22N2O5S/c1-4-10-17-24(21,22)15(2,3)12-5-7-13(8-6-12)16(14(19)20)9-11-23-18-16/h5-9,11,17-18H,4,10H2,1-3H3,(H,19,20). The molecule has 132 valence electrons. The fraction of sp³-hybridized carbons (Fsp3) is 0.438. The number of aliphatic carboxylic acids is 1. The number of rotatable bonds is 7. The van der Waals surface area contributed by atoms with E-state index >= 15 is 0 Å². The number of hydroxylamine groups is 1. The monoisotopic (exact) mass is 354 g/mol. The Hall–Kier alpha value is -1.90. The average molecular weight is 354 g/mol. The molecular formula is C16H22N2O5S. The van der Waals surface area contributed by atoms with Gasteiger partial charge in [-0.1, -0.05) is 31.2 Å². The van der Waals surface area contributed by atoms with Crippen LogP contribution in [-0.2, 0) is 29.9 Å². The van der Waals surface area contributed by atoms with Crippen molar-refractivity contribution in [3.63, 3.8) is 0 Å². The maximum absolute atomic E-state index is 12.5. The van der Waals surface area contributed by atoms with Crippen LogP contribution >= 0.6 is 0 Å². The Morgan fingerprint density at radius 1 is 1.33 bits per heavy atom. The first-order valence-electron chi connectivity index (χ1n) is 7.61.